The lowest BCUT2D eigenvalue weighted by Crippen LogP contribution is -2.43. The van der Waals surface area contributed by atoms with E-state index in [2.05, 4.69) is 0 Å². The molecule has 0 fully saturated rings. The third-order valence-corrected chi connectivity index (χ3v) is 4.72. The van der Waals surface area contributed by atoms with Crippen molar-refractivity contribution in [3.8, 4) is 23.0 Å². The van der Waals surface area contributed by atoms with Crippen molar-refractivity contribution in [2.45, 2.75) is 24.9 Å². The molecule has 2 unspecified atom stereocenters. The first-order valence-corrected chi connectivity index (χ1v) is 7.13. The van der Waals surface area contributed by atoms with E-state index in [1.807, 2.05) is 6.07 Å². The van der Waals surface area contributed by atoms with E-state index < -0.39 is 11.5 Å². The fourth-order valence-corrected chi connectivity index (χ4v) is 3.63. The zero-order valence-corrected chi connectivity index (χ0v) is 12.0. The highest BCUT2D eigenvalue weighted by Gasteiger charge is 2.50. The minimum Gasteiger partial charge on any atom is -0.504 e. The summed E-state index contributed by atoms with van der Waals surface area (Å²) in [5, 5.41) is 40.6. The van der Waals surface area contributed by atoms with Crippen LogP contribution in [0.1, 0.15) is 28.2 Å². The van der Waals surface area contributed by atoms with Crippen LogP contribution in [-0.2, 0) is 6.42 Å². The first kappa shape index (κ1) is 13.3. The van der Waals surface area contributed by atoms with E-state index in [1.54, 1.807) is 13.0 Å². The SMILES string of the molecule is Cc1ccc2c(c1O)OCC1(O)Cc3cc(O)c(O)cc3C21. The Morgan fingerprint density at radius 1 is 1.09 bits per heavy atom. The standard InChI is InChI=1S/C17H16O5/c1-8-2-3-10-14-11-5-13(19)12(18)4-9(11)6-17(14,21)7-22-16(10)15(8)20/h2-5,14,18-21H,6-7H2,1H3. The first-order chi connectivity index (χ1) is 10.4. The lowest BCUT2D eigenvalue weighted by atomic mass is 9.80. The lowest BCUT2D eigenvalue weighted by Gasteiger charge is -2.36. The fraction of sp³-hybridized carbons (Fsp3) is 0.294. The number of phenols is 3. The van der Waals surface area contributed by atoms with Crippen LogP contribution in [0, 0.1) is 6.92 Å². The molecule has 1 heterocycles. The minimum absolute atomic E-state index is 0.0535. The molecule has 0 spiro atoms. The number of fused-ring (bicyclic) bond motifs is 5. The molecule has 0 saturated heterocycles. The molecule has 1 aliphatic carbocycles. The van der Waals surface area contributed by atoms with Crippen molar-refractivity contribution in [3.05, 3.63) is 46.5 Å². The highest BCUT2D eigenvalue weighted by Crippen LogP contribution is 2.54. The van der Waals surface area contributed by atoms with Crippen molar-refractivity contribution >= 4 is 0 Å². The number of hydrogen-bond acceptors (Lipinski definition) is 5. The van der Waals surface area contributed by atoms with Crippen LogP contribution in [0.15, 0.2) is 24.3 Å². The van der Waals surface area contributed by atoms with E-state index in [4.69, 9.17) is 4.74 Å². The summed E-state index contributed by atoms with van der Waals surface area (Å²) in [5.74, 6) is -0.350. The van der Waals surface area contributed by atoms with Gasteiger partial charge in [0.25, 0.3) is 0 Å². The zero-order chi connectivity index (χ0) is 15.6. The maximum atomic E-state index is 11.0. The number of aryl methyl sites for hydroxylation is 1. The largest absolute Gasteiger partial charge is 0.504 e. The van der Waals surface area contributed by atoms with Crippen LogP contribution < -0.4 is 4.74 Å². The smallest absolute Gasteiger partial charge is 0.165 e. The van der Waals surface area contributed by atoms with Crippen LogP contribution in [-0.4, -0.2) is 32.6 Å². The van der Waals surface area contributed by atoms with Crippen LogP contribution >= 0.6 is 0 Å². The predicted molar refractivity (Wildman–Crippen MR) is 78.6 cm³/mol. The van der Waals surface area contributed by atoms with Gasteiger partial charge in [0.15, 0.2) is 23.0 Å². The summed E-state index contributed by atoms with van der Waals surface area (Å²) >= 11 is 0. The highest BCUT2D eigenvalue weighted by molar-refractivity contribution is 5.61. The van der Waals surface area contributed by atoms with Crippen molar-refractivity contribution in [2.24, 2.45) is 0 Å². The monoisotopic (exact) mass is 300 g/mol. The van der Waals surface area contributed by atoms with E-state index in [-0.39, 0.29) is 23.9 Å². The maximum Gasteiger partial charge on any atom is 0.165 e. The van der Waals surface area contributed by atoms with Crippen molar-refractivity contribution in [1.29, 1.82) is 0 Å². The summed E-state index contributed by atoms with van der Waals surface area (Å²) < 4.78 is 5.62. The van der Waals surface area contributed by atoms with Crippen LogP contribution in [0.2, 0.25) is 0 Å². The maximum absolute atomic E-state index is 11.0. The molecule has 2 atom stereocenters. The molecule has 5 heteroatoms. The molecule has 2 aliphatic rings. The van der Waals surface area contributed by atoms with Gasteiger partial charge in [0, 0.05) is 17.9 Å². The molecule has 114 valence electrons. The molecule has 0 aromatic heterocycles. The molecule has 2 aromatic rings. The van der Waals surface area contributed by atoms with E-state index in [0.29, 0.717) is 23.3 Å². The average molecular weight is 300 g/mol. The van der Waals surface area contributed by atoms with E-state index in [9.17, 15) is 20.4 Å². The molecule has 0 radical (unpaired) electrons. The predicted octanol–water partition coefficient (Wildman–Crippen LogP) is 1.92. The van der Waals surface area contributed by atoms with Gasteiger partial charge in [-0.3, -0.25) is 0 Å². The molecule has 0 amide bonds. The van der Waals surface area contributed by atoms with Gasteiger partial charge in [-0.25, -0.2) is 0 Å². The molecular weight excluding hydrogens is 284 g/mol. The Morgan fingerprint density at radius 2 is 1.82 bits per heavy atom. The summed E-state index contributed by atoms with van der Waals surface area (Å²) in [6.07, 6.45) is 0.328. The van der Waals surface area contributed by atoms with Crippen molar-refractivity contribution in [1.82, 2.24) is 0 Å². The third kappa shape index (κ3) is 1.57. The van der Waals surface area contributed by atoms with Gasteiger partial charge in [-0.1, -0.05) is 12.1 Å². The number of aliphatic hydroxyl groups is 1. The van der Waals surface area contributed by atoms with Crippen molar-refractivity contribution in [2.75, 3.05) is 6.61 Å². The van der Waals surface area contributed by atoms with Crippen molar-refractivity contribution in [3.63, 3.8) is 0 Å². The van der Waals surface area contributed by atoms with E-state index in [0.717, 1.165) is 11.1 Å². The van der Waals surface area contributed by atoms with Crippen LogP contribution in [0.25, 0.3) is 0 Å². The number of benzene rings is 2. The fourth-order valence-electron chi connectivity index (χ4n) is 3.63. The summed E-state index contributed by atoms with van der Waals surface area (Å²) in [7, 11) is 0. The Bertz CT molecular complexity index is 798. The van der Waals surface area contributed by atoms with Gasteiger partial charge in [-0.15, -0.1) is 0 Å². The van der Waals surface area contributed by atoms with Crippen LogP contribution in [0.5, 0.6) is 23.0 Å². The molecule has 5 nitrogen and oxygen atoms in total. The van der Waals surface area contributed by atoms with Crippen molar-refractivity contribution < 1.29 is 25.2 Å². The Labute approximate surface area is 127 Å². The topological polar surface area (TPSA) is 90.2 Å². The average Bonchev–Trinajstić information content (AvgIpc) is 2.75. The normalized spacial score (nSPS) is 25.1. The van der Waals surface area contributed by atoms with E-state index >= 15 is 0 Å². The number of hydrogen-bond donors (Lipinski definition) is 4. The van der Waals surface area contributed by atoms with Gasteiger partial charge in [0.1, 0.15) is 12.2 Å². The van der Waals surface area contributed by atoms with Gasteiger partial charge in [0.2, 0.25) is 0 Å². The summed E-state index contributed by atoms with van der Waals surface area (Å²) in [6, 6.07) is 6.58. The number of aromatic hydroxyl groups is 3. The molecular formula is C17H16O5. The minimum atomic E-state index is -1.14. The Hall–Kier alpha value is -2.40. The second-order valence-corrected chi connectivity index (χ2v) is 6.19. The van der Waals surface area contributed by atoms with E-state index in [1.165, 1.54) is 12.1 Å². The number of ether oxygens (including phenoxy) is 1. The Kier molecular flexibility index (Phi) is 2.46. The number of phenolic OH excluding ortho intramolecular Hbond substituents is 3. The second kappa shape index (κ2) is 4.08. The number of rotatable bonds is 0. The molecule has 1 aliphatic heterocycles. The molecule has 4 N–H and O–H groups in total. The molecule has 0 saturated carbocycles. The lowest BCUT2D eigenvalue weighted by molar-refractivity contribution is -0.0227. The van der Waals surface area contributed by atoms with Crippen LogP contribution in [0.3, 0.4) is 0 Å². The van der Waals surface area contributed by atoms with Crippen LogP contribution in [0.4, 0.5) is 0 Å². The summed E-state index contributed by atoms with van der Waals surface area (Å²) in [6.45, 7) is 1.84. The third-order valence-electron chi connectivity index (χ3n) is 4.72. The Balaban J connectivity index is 1.97. The highest BCUT2D eigenvalue weighted by atomic mass is 16.5. The van der Waals surface area contributed by atoms with Gasteiger partial charge < -0.3 is 25.2 Å². The second-order valence-electron chi connectivity index (χ2n) is 6.19. The van der Waals surface area contributed by atoms with Gasteiger partial charge in [-0.2, -0.15) is 0 Å². The van der Waals surface area contributed by atoms with Gasteiger partial charge >= 0.3 is 0 Å². The molecule has 22 heavy (non-hydrogen) atoms. The molecule has 0 bridgehead atoms. The van der Waals surface area contributed by atoms with Gasteiger partial charge in [-0.05, 0) is 35.7 Å². The molecule has 4 rings (SSSR count). The molecule has 2 aromatic carbocycles. The first-order valence-electron chi connectivity index (χ1n) is 7.13. The van der Waals surface area contributed by atoms with Gasteiger partial charge in [0.05, 0.1) is 0 Å². The summed E-state index contributed by atoms with van der Waals surface area (Å²) in [4.78, 5) is 0. The quantitative estimate of drug-likeness (QED) is 0.558. The zero-order valence-electron chi connectivity index (χ0n) is 12.0. The summed E-state index contributed by atoms with van der Waals surface area (Å²) in [5.41, 5.74) is 1.79. The Morgan fingerprint density at radius 3 is 2.59 bits per heavy atom.